The third-order valence-corrected chi connectivity index (χ3v) is 7.25. The Morgan fingerprint density at radius 3 is 2.32 bits per heavy atom. The third kappa shape index (κ3) is 5.01. The summed E-state index contributed by atoms with van der Waals surface area (Å²) in [6, 6.07) is 4.53. The van der Waals surface area contributed by atoms with Gasteiger partial charge in [0.15, 0.2) is 11.5 Å². The minimum atomic E-state index is -3.69. The monoisotopic (exact) mass is 450 g/mol. The standard InChI is InChI=1S/C21H30N4O5S/c1-21(2,3)25-14-16(13-22-25)23-20(26)15-8-10-24(11-9-15)31(27,28)17-6-7-18(29-4)19(12-17)30-5/h6-7,12-15H,8-11H2,1-5H3,(H,23,26). The number of amides is 1. The molecule has 0 spiro atoms. The molecule has 1 aliphatic rings. The van der Waals surface area contributed by atoms with Crippen LogP contribution in [0.15, 0.2) is 35.5 Å². The highest BCUT2D eigenvalue weighted by Crippen LogP contribution is 2.32. The molecule has 3 rings (SSSR count). The van der Waals surface area contributed by atoms with E-state index in [1.165, 1.54) is 30.7 Å². The lowest BCUT2D eigenvalue weighted by Gasteiger charge is -2.30. The molecule has 1 saturated heterocycles. The number of carbonyl (C=O) groups excluding carboxylic acids is 1. The first kappa shape index (κ1) is 23.1. The van der Waals surface area contributed by atoms with Crippen LogP contribution in [0.25, 0.3) is 0 Å². The van der Waals surface area contributed by atoms with Crippen molar-refractivity contribution >= 4 is 21.6 Å². The maximum Gasteiger partial charge on any atom is 0.243 e. The number of carbonyl (C=O) groups is 1. The van der Waals surface area contributed by atoms with Gasteiger partial charge in [0.2, 0.25) is 15.9 Å². The summed E-state index contributed by atoms with van der Waals surface area (Å²) in [4.78, 5) is 12.8. The van der Waals surface area contributed by atoms with Crippen LogP contribution in [0.4, 0.5) is 5.69 Å². The van der Waals surface area contributed by atoms with Gasteiger partial charge in [-0.05, 0) is 45.7 Å². The summed E-state index contributed by atoms with van der Waals surface area (Å²) >= 11 is 0. The SMILES string of the molecule is COc1ccc(S(=O)(=O)N2CCC(C(=O)Nc3cnn(C(C)(C)C)c3)CC2)cc1OC. The van der Waals surface area contributed by atoms with Gasteiger partial charge in [-0.3, -0.25) is 9.48 Å². The molecular formula is C21H30N4O5S. The first-order chi connectivity index (χ1) is 14.6. The molecule has 0 aliphatic carbocycles. The van der Waals surface area contributed by atoms with Crippen LogP contribution in [0.3, 0.4) is 0 Å². The van der Waals surface area contributed by atoms with Crippen LogP contribution < -0.4 is 14.8 Å². The molecule has 1 fully saturated rings. The Balaban J connectivity index is 1.63. The van der Waals surface area contributed by atoms with Crippen molar-refractivity contribution in [2.24, 2.45) is 5.92 Å². The van der Waals surface area contributed by atoms with E-state index in [0.717, 1.165) is 0 Å². The number of nitrogens with zero attached hydrogens (tertiary/aromatic N) is 3. The van der Waals surface area contributed by atoms with E-state index in [0.29, 0.717) is 30.0 Å². The lowest BCUT2D eigenvalue weighted by atomic mass is 9.97. The Kier molecular flexibility index (Phi) is 6.61. The smallest absolute Gasteiger partial charge is 0.243 e. The minimum Gasteiger partial charge on any atom is -0.493 e. The van der Waals surface area contributed by atoms with Crippen molar-refractivity contribution in [1.29, 1.82) is 0 Å². The molecule has 1 aromatic heterocycles. The Morgan fingerprint density at radius 2 is 1.77 bits per heavy atom. The van der Waals surface area contributed by atoms with E-state index in [1.54, 1.807) is 23.1 Å². The van der Waals surface area contributed by atoms with Gasteiger partial charge in [-0.1, -0.05) is 0 Å². The normalized spacial score (nSPS) is 16.2. The van der Waals surface area contributed by atoms with E-state index in [-0.39, 0.29) is 35.3 Å². The van der Waals surface area contributed by atoms with Gasteiger partial charge >= 0.3 is 0 Å². The third-order valence-electron chi connectivity index (χ3n) is 5.35. The van der Waals surface area contributed by atoms with Gasteiger partial charge in [0.1, 0.15) is 0 Å². The summed E-state index contributed by atoms with van der Waals surface area (Å²) < 4.78 is 39.7. The van der Waals surface area contributed by atoms with Gasteiger partial charge in [0.05, 0.1) is 36.5 Å². The van der Waals surface area contributed by atoms with Crippen LogP contribution >= 0.6 is 0 Å². The summed E-state index contributed by atoms with van der Waals surface area (Å²) in [5.41, 5.74) is 0.465. The molecular weight excluding hydrogens is 420 g/mol. The Hall–Kier alpha value is -2.59. The lowest BCUT2D eigenvalue weighted by molar-refractivity contribution is -0.120. The van der Waals surface area contributed by atoms with Crippen molar-refractivity contribution < 1.29 is 22.7 Å². The lowest BCUT2D eigenvalue weighted by Crippen LogP contribution is -2.41. The molecule has 0 radical (unpaired) electrons. The van der Waals surface area contributed by atoms with Gasteiger partial charge in [-0.2, -0.15) is 9.40 Å². The molecule has 1 amide bonds. The van der Waals surface area contributed by atoms with Crippen molar-refractivity contribution in [3.05, 3.63) is 30.6 Å². The molecule has 1 N–H and O–H groups in total. The molecule has 0 bridgehead atoms. The Morgan fingerprint density at radius 1 is 1.13 bits per heavy atom. The maximum atomic E-state index is 13.0. The first-order valence-electron chi connectivity index (χ1n) is 10.1. The molecule has 10 heteroatoms. The zero-order valence-corrected chi connectivity index (χ0v) is 19.4. The quantitative estimate of drug-likeness (QED) is 0.726. The zero-order chi connectivity index (χ0) is 22.8. The number of rotatable bonds is 6. The van der Waals surface area contributed by atoms with E-state index in [4.69, 9.17) is 9.47 Å². The Labute approximate surface area is 183 Å². The van der Waals surface area contributed by atoms with Crippen LogP contribution in [0.1, 0.15) is 33.6 Å². The molecule has 2 aromatic rings. The second-order valence-corrected chi connectivity index (χ2v) is 10.5. The van der Waals surface area contributed by atoms with E-state index >= 15 is 0 Å². The number of ether oxygens (including phenoxy) is 2. The zero-order valence-electron chi connectivity index (χ0n) is 18.6. The van der Waals surface area contributed by atoms with Gasteiger partial charge in [-0.25, -0.2) is 8.42 Å². The van der Waals surface area contributed by atoms with E-state index in [1.807, 2.05) is 20.8 Å². The van der Waals surface area contributed by atoms with E-state index in [2.05, 4.69) is 10.4 Å². The van der Waals surface area contributed by atoms with Gasteiger partial charge < -0.3 is 14.8 Å². The molecule has 2 heterocycles. The second kappa shape index (κ2) is 8.88. The highest BCUT2D eigenvalue weighted by atomic mass is 32.2. The van der Waals surface area contributed by atoms with Crippen molar-refractivity contribution in [3.63, 3.8) is 0 Å². The van der Waals surface area contributed by atoms with Gasteiger partial charge in [-0.15, -0.1) is 0 Å². The molecule has 9 nitrogen and oxygen atoms in total. The Bertz CT molecular complexity index is 1030. The van der Waals surface area contributed by atoms with Crippen molar-refractivity contribution in [3.8, 4) is 11.5 Å². The number of methoxy groups -OCH3 is 2. The van der Waals surface area contributed by atoms with Crippen LogP contribution in [0, 0.1) is 5.92 Å². The fourth-order valence-electron chi connectivity index (χ4n) is 3.48. The van der Waals surface area contributed by atoms with Gasteiger partial charge in [0.25, 0.3) is 0 Å². The molecule has 0 unspecified atom stereocenters. The average Bonchev–Trinajstić information content (AvgIpc) is 3.22. The number of piperidine rings is 1. The molecule has 1 aliphatic heterocycles. The number of anilines is 1. The highest BCUT2D eigenvalue weighted by molar-refractivity contribution is 7.89. The summed E-state index contributed by atoms with van der Waals surface area (Å²) in [5.74, 6) is 0.451. The van der Waals surface area contributed by atoms with Crippen LogP contribution in [-0.2, 0) is 20.4 Å². The number of benzene rings is 1. The molecule has 31 heavy (non-hydrogen) atoms. The number of hydrogen-bond donors (Lipinski definition) is 1. The van der Waals surface area contributed by atoms with Crippen molar-refractivity contribution in [2.75, 3.05) is 32.6 Å². The molecule has 0 atom stereocenters. The topological polar surface area (TPSA) is 103 Å². The fourth-order valence-corrected chi connectivity index (χ4v) is 4.97. The predicted octanol–water partition coefficient (Wildman–Crippen LogP) is 2.69. The summed E-state index contributed by atoms with van der Waals surface area (Å²) in [5, 5.41) is 7.18. The second-order valence-electron chi connectivity index (χ2n) is 8.53. The summed E-state index contributed by atoms with van der Waals surface area (Å²) in [7, 11) is -0.730. The van der Waals surface area contributed by atoms with Crippen molar-refractivity contribution in [1.82, 2.24) is 14.1 Å². The van der Waals surface area contributed by atoms with E-state index < -0.39 is 10.0 Å². The largest absolute Gasteiger partial charge is 0.493 e. The van der Waals surface area contributed by atoms with Crippen molar-refractivity contribution in [2.45, 2.75) is 44.0 Å². The summed E-state index contributed by atoms with van der Waals surface area (Å²) in [6.07, 6.45) is 4.33. The first-order valence-corrected chi connectivity index (χ1v) is 11.6. The minimum absolute atomic E-state index is 0.114. The predicted molar refractivity (Wildman–Crippen MR) is 117 cm³/mol. The van der Waals surface area contributed by atoms with Crippen LogP contribution in [0.2, 0.25) is 0 Å². The molecule has 170 valence electrons. The van der Waals surface area contributed by atoms with Crippen LogP contribution in [-0.4, -0.2) is 55.7 Å². The number of hydrogen-bond acceptors (Lipinski definition) is 6. The maximum absolute atomic E-state index is 13.0. The highest BCUT2D eigenvalue weighted by Gasteiger charge is 2.32. The average molecular weight is 451 g/mol. The number of aromatic nitrogens is 2. The fraction of sp³-hybridized carbons (Fsp3) is 0.524. The van der Waals surface area contributed by atoms with Gasteiger partial charge in [0, 0.05) is 31.3 Å². The molecule has 1 aromatic carbocycles. The number of sulfonamides is 1. The van der Waals surface area contributed by atoms with Crippen LogP contribution in [0.5, 0.6) is 11.5 Å². The number of nitrogens with one attached hydrogen (secondary N) is 1. The summed E-state index contributed by atoms with van der Waals surface area (Å²) in [6.45, 7) is 6.63. The van der Waals surface area contributed by atoms with E-state index in [9.17, 15) is 13.2 Å². The molecule has 0 saturated carbocycles.